The van der Waals surface area contributed by atoms with E-state index in [1.54, 1.807) is 24.1 Å². The molecule has 86 valence electrons. The second kappa shape index (κ2) is 4.30. The number of anilines is 1. The summed E-state index contributed by atoms with van der Waals surface area (Å²) in [5.41, 5.74) is 7.22. The van der Waals surface area contributed by atoms with E-state index in [0.717, 1.165) is 5.56 Å². The van der Waals surface area contributed by atoms with Gasteiger partial charge in [0.25, 0.3) is 0 Å². The molecule has 1 aromatic rings. The van der Waals surface area contributed by atoms with Crippen LogP contribution in [0.15, 0.2) is 18.2 Å². The lowest BCUT2D eigenvalue weighted by molar-refractivity contribution is 0.157. The zero-order chi connectivity index (χ0) is 11.5. The Morgan fingerprint density at radius 2 is 2.38 bits per heavy atom. The molecule has 1 heterocycles. The average Bonchev–Trinajstić information content (AvgIpc) is 2.67. The summed E-state index contributed by atoms with van der Waals surface area (Å²) in [6.07, 6.45) is -0.279. The van der Waals surface area contributed by atoms with E-state index in [0.29, 0.717) is 31.1 Å². The molecule has 0 bridgehead atoms. The molecule has 0 aromatic heterocycles. The van der Waals surface area contributed by atoms with Gasteiger partial charge in [-0.15, -0.1) is 0 Å². The van der Waals surface area contributed by atoms with Crippen LogP contribution < -0.4 is 10.5 Å². The number of hydrogen-bond donors (Lipinski definition) is 1. The Hall–Kier alpha value is -1.91. The molecule has 1 aliphatic heterocycles. The molecule has 0 radical (unpaired) electrons. The predicted octanol–water partition coefficient (Wildman–Crippen LogP) is 1.23. The Kier molecular flexibility index (Phi) is 2.85. The third-order valence-corrected chi connectivity index (χ3v) is 2.52. The summed E-state index contributed by atoms with van der Waals surface area (Å²) in [7, 11) is 1.58. The van der Waals surface area contributed by atoms with E-state index in [1.807, 2.05) is 6.07 Å². The first-order chi connectivity index (χ1) is 7.70. The van der Waals surface area contributed by atoms with Gasteiger partial charge in [-0.1, -0.05) is 6.07 Å². The van der Waals surface area contributed by atoms with Crippen LogP contribution in [0.1, 0.15) is 5.56 Å². The summed E-state index contributed by atoms with van der Waals surface area (Å²) in [5.74, 6) is 0.694. The molecule has 0 aliphatic carbocycles. The highest BCUT2D eigenvalue weighted by Gasteiger charge is 2.22. The number of nitrogen functional groups attached to an aromatic ring is 1. The summed E-state index contributed by atoms with van der Waals surface area (Å²) < 4.78 is 10.1. The number of nitrogens with zero attached hydrogens (tertiary/aromatic N) is 1. The van der Waals surface area contributed by atoms with Gasteiger partial charge in [-0.05, 0) is 6.07 Å². The highest BCUT2D eigenvalue weighted by Crippen LogP contribution is 2.23. The molecule has 0 spiro atoms. The Bertz CT molecular complexity index is 406. The fourth-order valence-electron chi connectivity index (χ4n) is 1.67. The average molecular weight is 222 g/mol. The third-order valence-electron chi connectivity index (χ3n) is 2.52. The van der Waals surface area contributed by atoms with E-state index in [2.05, 4.69) is 0 Å². The lowest BCUT2D eigenvalue weighted by atomic mass is 10.1. The molecule has 1 amide bonds. The molecule has 5 heteroatoms. The van der Waals surface area contributed by atoms with E-state index in [-0.39, 0.29) is 6.09 Å². The van der Waals surface area contributed by atoms with Gasteiger partial charge in [-0.2, -0.15) is 0 Å². The lowest BCUT2D eigenvalue weighted by Crippen LogP contribution is -2.23. The van der Waals surface area contributed by atoms with E-state index >= 15 is 0 Å². The molecule has 1 aliphatic rings. The summed E-state index contributed by atoms with van der Waals surface area (Å²) >= 11 is 0. The first-order valence-electron chi connectivity index (χ1n) is 5.05. The molecule has 2 N–H and O–H groups in total. The van der Waals surface area contributed by atoms with Gasteiger partial charge in [0.15, 0.2) is 0 Å². The van der Waals surface area contributed by atoms with Crippen LogP contribution in [0.4, 0.5) is 10.5 Å². The Morgan fingerprint density at radius 1 is 1.56 bits per heavy atom. The quantitative estimate of drug-likeness (QED) is 0.781. The monoisotopic (exact) mass is 222 g/mol. The molecule has 0 unspecified atom stereocenters. The van der Waals surface area contributed by atoms with Gasteiger partial charge in [0.05, 0.1) is 20.2 Å². The second-order valence-corrected chi connectivity index (χ2v) is 3.61. The summed E-state index contributed by atoms with van der Waals surface area (Å²) in [6, 6.07) is 5.40. The SMILES string of the molecule is COc1cc(N)ccc1CN1CCOC1=O. The van der Waals surface area contributed by atoms with Gasteiger partial charge in [0.1, 0.15) is 12.4 Å². The van der Waals surface area contributed by atoms with Gasteiger partial charge in [0.2, 0.25) is 0 Å². The van der Waals surface area contributed by atoms with Crippen LogP contribution in [0.25, 0.3) is 0 Å². The maximum atomic E-state index is 11.3. The van der Waals surface area contributed by atoms with Crippen molar-refractivity contribution in [1.29, 1.82) is 0 Å². The number of amides is 1. The van der Waals surface area contributed by atoms with Gasteiger partial charge >= 0.3 is 6.09 Å². The highest BCUT2D eigenvalue weighted by molar-refractivity contribution is 5.69. The topological polar surface area (TPSA) is 64.8 Å². The number of benzene rings is 1. The van der Waals surface area contributed by atoms with Gasteiger partial charge < -0.3 is 20.1 Å². The molecular weight excluding hydrogens is 208 g/mol. The van der Waals surface area contributed by atoms with E-state index in [9.17, 15) is 4.79 Å². The first-order valence-corrected chi connectivity index (χ1v) is 5.05. The van der Waals surface area contributed by atoms with E-state index in [1.165, 1.54) is 0 Å². The minimum absolute atomic E-state index is 0.279. The molecule has 5 nitrogen and oxygen atoms in total. The molecule has 1 fully saturated rings. The molecule has 0 atom stereocenters. The Balaban J connectivity index is 2.17. The van der Waals surface area contributed by atoms with Crippen LogP contribution >= 0.6 is 0 Å². The van der Waals surface area contributed by atoms with Crippen LogP contribution in [0.3, 0.4) is 0 Å². The van der Waals surface area contributed by atoms with Crippen LogP contribution in [-0.2, 0) is 11.3 Å². The third kappa shape index (κ3) is 2.03. The number of hydrogen-bond acceptors (Lipinski definition) is 4. The fraction of sp³-hybridized carbons (Fsp3) is 0.364. The van der Waals surface area contributed by atoms with Crippen LogP contribution in [-0.4, -0.2) is 31.3 Å². The standard InChI is InChI=1S/C11H14N2O3/c1-15-10-6-9(12)3-2-8(10)7-13-4-5-16-11(13)14/h2-3,6H,4-5,7,12H2,1H3. The van der Waals surface area contributed by atoms with Crippen molar-refractivity contribution in [3.63, 3.8) is 0 Å². The van der Waals surface area contributed by atoms with E-state index < -0.39 is 0 Å². The number of ether oxygens (including phenoxy) is 2. The molecule has 16 heavy (non-hydrogen) atoms. The van der Waals surface area contributed by atoms with Crippen molar-refractivity contribution in [3.05, 3.63) is 23.8 Å². The van der Waals surface area contributed by atoms with E-state index in [4.69, 9.17) is 15.2 Å². The second-order valence-electron chi connectivity index (χ2n) is 3.61. The highest BCUT2D eigenvalue weighted by atomic mass is 16.6. The number of methoxy groups -OCH3 is 1. The number of cyclic esters (lactones) is 1. The Labute approximate surface area is 93.7 Å². The maximum Gasteiger partial charge on any atom is 0.410 e. The molecular formula is C11H14N2O3. The zero-order valence-electron chi connectivity index (χ0n) is 9.10. The Morgan fingerprint density at radius 3 is 3.00 bits per heavy atom. The minimum Gasteiger partial charge on any atom is -0.496 e. The number of carbonyl (C=O) groups is 1. The zero-order valence-corrected chi connectivity index (χ0v) is 9.10. The smallest absolute Gasteiger partial charge is 0.410 e. The largest absolute Gasteiger partial charge is 0.496 e. The van der Waals surface area contributed by atoms with Crippen molar-refractivity contribution in [2.45, 2.75) is 6.54 Å². The number of nitrogens with two attached hydrogens (primary N) is 1. The van der Waals surface area contributed by atoms with Crippen molar-refractivity contribution in [2.75, 3.05) is 26.0 Å². The lowest BCUT2D eigenvalue weighted by Gasteiger charge is -2.15. The van der Waals surface area contributed by atoms with Crippen molar-refractivity contribution < 1.29 is 14.3 Å². The molecule has 1 aromatic carbocycles. The normalized spacial score (nSPS) is 15.1. The van der Waals surface area contributed by atoms with Gasteiger partial charge in [0, 0.05) is 17.3 Å². The molecule has 2 rings (SSSR count). The summed E-state index contributed by atoms with van der Waals surface area (Å²) in [4.78, 5) is 12.9. The van der Waals surface area contributed by atoms with Crippen molar-refractivity contribution in [3.8, 4) is 5.75 Å². The predicted molar refractivity (Wildman–Crippen MR) is 59.2 cm³/mol. The fourth-order valence-corrected chi connectivity index (χ4v) is 1.67. The van der Waals surface area contributed by atoms with Gasteiger partial charge in [-0.3, -0.25) is 0 Å². The minimum atomic E-state index is -0.279. The summed E-state index contributed by atoms with van der Waals surface area (Å²) in [6.45, 7) is 1.56. The van der Waals surface area contributed by atoms with Crippen molar-refractivity contribution in [2.24, 2.45) is 0 Å². The van der Waals surface area contributed by atoms with Crippen LogP contribution in [0.2, 0.25) is 0 Å². The van der Waals surface area contributed by atoms with Gasteiger partial charge in [-0.25, -0.2) is 4.79 Å². The van der Waals surface area contributed by atoms with Crippen molar-refractivity contribution >= 4 is 11.8 Å². The van der Waals surface area contributed by atoms with Crippen LogP contribution in [0, 0.1) is 0 Å². The molecule has 0 saturated carbocycles. The number of rotatable bonds is 3. The van der Waals surface area contributed by atoms with Crippen molar-refractivity contribution in [1.82, 2.24) is 4.90 Å². The number of carbonyl (C=O) groups excluding carboxylic acids is 1. The first kappa shape index (κ1) is 10.6. The maximum absolute atomic E-state index is 11.3. The molecule has 1 saturated heterocycles. The summed E-state index contributed by atoms with van der Waals surface area (Å²) in [5, 5.41) is 0. The van der Waals surface area contributed by atoms with Crippen LogP contribution in [0.5, 0.6) is 5.75 Å².